The number of nitrogens with zero attached hydrogens (tertiary/aromatic N) is 1. The second kappa shape index (κ2) is 3.01. The average Bonchev–Trinajstić information content (AvgIpc) is 2.04. The zero-order valence-corrected chi connectivity index (χ0v) is 6.07. The van der Waals surface area contributed by atoms with Crippen molar-refractivity contribution >= 4 is 11.4 Å². The lowest BCUT2D eigenvalue weighted by Gasteiger charge is -2.02. The highest BCUT2D eigenvalue weighted by molar-refractivity contribution is 5.69. The Morgan fingerprint density at radius 3 is 2.73 bits per heavy atom. The topological polar surface area (TPSA) is 64.7 Å². The van der Waals surface area contributed by atoms with Crippen molar-refractivity contribution in [3.05, 3.63) is 23.1 Å². The van der Waals surface area contributed by atoms with Crippen molar-refractivity contribution in [2.24, 2.45) is 5.18 Å². The smallest absolute Gasteiger partial charge is 0.172 e. The lowest BCUT2D eigenvalue weighted by Crippen LogP contribution is -1.88. The predicted molar refractivity (Wildman–Crippen MR) is 42.9 cm³/mol. The third-order valence-electron chi connectivity index (χ3n) is 1.34. The van der Waals surface area contributed by atoms with Crippen molar-refractivity contribution in [3.63, 3.8) is 0 Å². The number of nitroso groups, excluding NO2 is 1. The quantitative estimate of drug-likeness (QED) is 0.517. The van der Waals surface area contributed by atoms with Crippen LogP contribution in [0.5, 0.6) is 5.75 Å². The molecule has 4 nitrogen and oxygen atoms in total. The molecule has 0 atom stereocenters. The zero-order chi connectivity index (χ0) is 8.27. The molecule has 0 aliphatic heterocycles. The van der Waals surface area contributed by atoms with Gasteiger partial charge >= 0.3 is 0 Å². The van der Waals surface area contributed by atoms with Gasteiger partial charge in [-0.1, -0.05) is 6.07 Å². The summed E-state index contributed by atoms with van der Waals surface area (Å²) in [6.45, 7) is 0. The van der Waals surface area contributed by atoms with E-state index in [9.17, 15) is 4.91 Å². The maximum Gasteiger partial charge on any atom is 0.172 e. The van der Waals surface area contributed by atoms with Gasteiger partial charge in [0.05, 0.1) is 12.8 Å². The first-order valence-corrected chi connectivity index (χ1v) is 3.05. The molecule has 0 amide bonds. The minimum Gasteiger partial charge on any atom is -0.494 e. The van der Waals surface area contributed by atoms with E-state index in [1.165, 1.54) is 7.11 Å². The van der Waals surface area contributed by atoms with Gasteiger partial charge < -0.3 is 10.5 Å². The fraction of sp³-hybridized carbons (Fsp3) is 0.143. The number of nitrogen functional groups attached to an aromatic ring is 1. The van der Waals surface area contributed by atoms with Crippen LogP contribution in [0.3, 0.4) is 0 Å². The lowest BCUT2D eigenvalue weighted by atomic mass is 10.2. The SMILES string of the molecule is COc1cccc(N)c1N=O. The van der Waals surface area contributed by atoms with Crippen LogP contribution in [0.15, 0.2) is 23.4 Å². The van der Waals surface area contributed by atoms with Crippen LogP contribution < -0.4 is 10.5 Å². The van der Waals surface area contributed by atoms with Crippen molar-refractivity contribution in [2.45, 2.75) is 0 Å². The van der Waals surface area contributed by atoms with Gasteiger partial charge in [-0.3, -0.25) is 0 Å². The van der Waals surface area contributed by atoms with E-state index in [0.29, 0.717) is 11.4 Å². The third-order valence-corrected chi connectivity index (χ3v) is 1.34. The van der Waals surface area contributed by atoms with E-state index >= 15 is 0 Å². The second-order valence-corrected chi connectivity index (χ2v) is 1.99. The molecule has 1 aromatic rings. The maximum absolute atomic E-state index is 10.2. The molecule has 58 valence electrons. The Hall–Kier alpha value is -1.58. The summed E-state index contributed by atoms with van der Waals surface area (Å²) in [7, 11) is 1.46. The van der Waals surface area contributed by atoms with Crippen LogP contribution in [-0.2, 0) is 0 Å². The normalized spacial score (nSPS) is 9.18. The number of methoxy groups -OCH3 is 1. The Labute approximate surface area is 63.9 Å². The van der Waals surface area contributed by atoms with Crippen molar-refractivity contribution in [1.82, 2.24) is 0 Å². The fourth-order valence-corrected chi connectivity index (χ4v) is 0.802. The Balaban J connectivity index is 3.24. The monoisotopic (exact) mass is 152 g/mol. The molecule has 0 spiro atoms. The molecule has 4 heteroatoms. The first-order chi connectivity index (χ1) is 5.29. The number of anilines is 1. The van der Waals surface area contributed by atoms with E-state index in [0.717, 1.165) is 0 Å². The Morgan fingerprint density at radius 2 is 2.27 bits per heavy atom. The van der Waals surface area contributed by atoms with E-state index in [2.05, 4.69) is 5.18 Å². The molecule has 2 N–H and O–H groups in total. The van der Waals surface area contributed by atoms with E-state index in [1.54, 1.807) is 18.2 Å². The van der Waals surface area contributed by atoms with Crippen LogP contribution in [0.2, 0.25) is 0 Å². The van der Waals surface area contributed by atoms with Crippen LogP contribution in [0.1, 0.15) is 0 Å². The van der Waals surface area contributed by atoms with Crippen LogP contribution in [0.25, 0.3) is 0 Å². The van der Waals surface area contributed by atoms with Gasteiger partial charge in [-0.2, -0.15) is 0 Å². The molecular weight excluding hydrogens is 144 g/mol. The third kappa shape index (κ3) is 1.29. The van der Waals surface area contributed by atoms with Gasteiger partial charge in [0.25, 0.3) is 0 Å². The summed E-state index contributed by atoms with van der Waals surface area (Å²) in [6, 6.07) is 4.93. The molecule has 0 unspecified atom stereocenters. The number of nitrogens with two attached hydrogens (primary N) is 1. The van der Waals surface area contributed by atoms with Gasteiger partial charge in [0.2, 0.25) is 0 Å². The highest BCUT2D eigenvalue weighted by Crippen LogP contribution is 2.32. The second-order valence-electron chi connectivity index (χ2n) is 1.99. The minimum absolute atomic E-state index is 0.162. The number of ether oxygens (including phenoxy) is 1. The largest absolute Gasteiger partial charge is 0.494 e. The van der Waals surface area contributed by atoms with Gasteiger partial charge in [-0.15, -0.1) is 4.91 Å². The molecule has 1 rings (SSSR count). The van der Waals surface area contributed by atoms with Crippen LogP contribution in [0.4, 0.5) is 11.4 Å². The number of hydrogen-bond donors (Lipinski definition) is 1. The summed E-state index contributed by atoms with van der Waals surface area (Å²) >= 11 is 0. The lowest BCUT2D eigenvalue weighted by molar-refractivity contribution is 0.416. The highest BCUT2D eigenvalue weighted by Gasteiger charge is 2.05. The Bertz CT molecular complexity index is 273. The standard InChI is InChI=1S/C7H8N2O2/c1-11-6-4-2-3-5(8)7(6)9-10/h2-4H,8H2,1H3. The van der Waals surface area contributed by atoms with Crippen LogP contribution in [0, 0.1) is 4.91 Å². The van der Waals surface area contributed by atoms with Gasteiger partial charge in [0.15, 0.2) is 5.69 Å². The summed E-state index contributed by atoms with van der Waals surface area (Å²) < 4.78 is 4.84. The highest BCUT2D eigenvalue weighted by atomic mass is 16.5. The van der Waals surface area contributed by atoms with Gasteiger partial charge in [0.1, 0.15) is 5.75 Å². The summed E-state index contributed by atoms with van der Waals surface area (Å²) in [6.07, 6.45) is 0. The zero-order valence-electron chi connectivity index (χ0n) is 6.07. The summed E-state index contributed by atoms with van der Waals surface area (Å²) in [4.78, 5) is 10.2. The molecular formula is C7H8N2O2. The van der Waals surface area contributed by atoms with E-state index in [4.69, 9.17) is 10.5 Å². The molecule has 0 heterocycles. The first kappa shape index (κ1) is 7.53. The molecule has 1 aromatic carbocycles. The van der Waals surface area contributed by atoms with Crippen molar-refractivity contribution in [3.8, 4) is 5.75 Å². The van der Waals surface area contributed by atoms with Crippen molar-refractivity contribution < 1.29 is 4.74 Å². The predicted octanol–water partition coefficient (Wildman–Crippen LogP) is 1.68. The molecule has 0 saturated heterocycles. The molecule has 0 aliphatic rings. The van der Waals surface area contributed by atoms with Crippen LogP contribution >= 0.6 is 0 Å². The first-order valence-electron chi connectivity index (χ1n) is 3.05. The molecule has 0 saturated carbocycles. The molecule has 0 aromatic heterocycles. The number of rotatable bonds is 2. The number of hydrogen-bond acceptors (Lipinski definition) is 4. The van der Waals surface area contributed by atoms with E-state index in [-0.39, 0.29) is 5.69 Å². The molecule has 0 bridgehead atoms. The summed E-state index contributed by atoms with van der Waals surface area (Å²) in [5, 5.41) is 2.74. The molecule has 11 heavy (non-hydrogen) atoms. The Morgan fingerprint density at radius 1 is 1.55 bits per heavy atom. The maximum atomic E-state index is 10.2. The molecule has 0 aliphatic carbocycles. The summed E-state index contributed by atoms with van der Waals surface area (Å²) in [5.41, 5.74) is 5.93. The van der Waals surface area contributed by atoms with Crippen molar-refractivity contribution in [2.75, 3.05) is 12.8 Å². The number of benzene rings is 1. The van der Waals surface area contributed by atoms with E-state index in [1.807, 2.05) is 0 Å². The summed E-state index contributed by atoms with van der Waals surface area (Å²) in [5.74, 6) is 0.403. The average molecular weight is 152 g/mol. The van der Waals surface area contributed by atoms with Crippen LogP contribution in [-0.4, -0.2) is 7.11 Å². The molecule has 0 fully saturated rings. The Kier molecular flexibility index (Phi) is 2.06. The van der Waals surface area contributed by atoms with Gasteiger partial charge in [-0.05, 0) is 17.3 Å². The van der Waals surface area contributed by atoms with E-state index < -0.39 is 0 Å². The minimum atomic E-state index is 0.162. The van der Waals surface area contributed by atoms with Gasteiger partial charge in [0, 0.05) is 0 Å². The fourth-order valence-electron chi connectivity index (χ4n) is 0.802. The molecule has 0 radical (unpaired) electrons. The van der Waals surface area contributed by atoms with Crippen molar-refractivity contribution in [1.29, 1.82) is 0 Å². The van der Waals surface area contributed by atoms with Gasteiger partial charge in [-0.25, -0.2) is 0 Å².